The van der Waals surface area contributed by atoms with E-state index in [0.29, 0.717) is 0 Å². The van der Waals surface area contributed by atoms with Crippen LogP contribution in [0.25, 0.3) is 0 Å². The summed E-state index contributed by atoms with van der Waals surface area (Å²) in [5, 5.41) is 0. The minimum Gasteiger partial charge on any atom is -0.426 e. The first kappa shape index (κ1) is 24.0. The summed E-state index contributed by atoms with van der Waals surface area (Å²) in [5.74, 6) is 4.97. The van der Waals surface area contributed by atoms with Gasteiger partial charge in [0.2, 0.25) is 0 Å². The van der Waals surface area contributed by atoms with E-state index in [0.717, 1.165) is 11.1 Å². The Hall–Kier alpha value is -4.19. The van der Waals surface area contributed by atoms with Crippen molar-refractivity contribution in [2.45, 2.75) is 38.9 Å². The van der Waals surface area contributed by atoms with Crippen LogP contribution in [0.4, 0.5) is 0 Å². The van der Waals surface area contributed by atoms with E-state index < -0.39 is 29.4 Å². The summed E-state index contributed by atoms with van der Waals surface area (Å²) in [7, 11) is 0. The van der Waals surface area contributed by atoms with Crippen LogP contribution in [0.5, 0.6) is 0 Å². The van der Waals surface area contributed by atoms with Crippen LogP contribution in [0.15, 0.2) is 88.3 Å². The van der Waals surface area contributed by atoms with Crippen molar-refractivity contribution in [3.63, 3.8) is 0 Å². The molecule has 8 heteroatoms. The molecule has 2 atom stereocenters. The molecule has 8 nitrogen and oxygen atoms in total. The summed E-state index contributed by atoms with van der Waals surface area (Å²) < 4.78 is 18.7. The number of rotatable bonds is 8. The van der Waals surface area contributed by atoms with Gasteiger partial charge < -0.3 is 14.2 Å². The molecule has 1 aromatic heterocycles. The number of esters is 1. The van der Waals surface area contributed by atoms with E-state index in [1.165, 1.54) is 10.8 Å². The Balaban J connectivity index is 1.57. The van der Waals surface area contributed by atoms with Gasteiger partial charge in [-0.05, 0) is 24.1 Å². The molecule has 4 rings (SSSR count). The highest BCUT2D eigenvalue weighted by Gasteiger charge is 2.43. The number of cyclic esters (lactones) is 1. The number of allylic oxidation sites excluding steroid dienone is 1. The van der Waals surface area contributed by atoms with Crippen LogP contribution < -0.4 is 11.2 Å². The number of ether oxygens (including phenoxy) is 3. The van der Waals surface area contributed by atoms with Crippen molar-refractivity contribution in [2.24, 2.45) is 0 Å². The zero-order valence-corrected chi connectivity index (χ0v) is 19.1. The smallest absolute Gasteiger partial charge is 0.343 e. The van der Waals surface area contributed by atoms with E-state index in [1.807, 2.05) is 60.7 Å². The predicted molar refractivity (Wildman–Crippen MR) is 128 cm³/mol. The number of H-pyrrole nitrogens is 1. The number of nitrogens with zero attached hydrogens (tertiary/aromatic N) is 1. The molecule has 0 spiro atoms. The Kier molecular flexibility index (Phi) is 7.73. The van der Waals surface area contributed by atoms with Gasteiger partial charge in [-0.2, -0.15) is 0 Å². The monoisotopic (exact) mass is 472 g/mol. The van der Waals surface area contributed by atoms with E-state index in [2.05, 4.69) is 16.8 Å². The first-order chi connectivity index (χ1) is 17.0. The van der Waals surface area contributed by atoms with E-state index in [1.54, 1.807) is 13.0 Å². The lowest BCUT2D eigenvalue weighted by molar-refractivity contribution is -0.149. The van der Waals surface area contributed by atoms with Crippen LogP contribution in [-0.4, -0.2) is 27.7 Å². The zero-order valence-electron chi connectivity index (χ0n) is 19.1. The number of hydrogen-bond donors (Lipinski definition) is 1. The Bertz CT molecular complexity index is 1380. The minimum atomic E-state index is -0.973. The van der Waals surface area contributed by atoms with Gasteiger partial charge in [0.15, 0.2) is 12.2 Å². The van der Waals surface area contributed by atoms with Gasteiger partial charge in [0.25, 0.3) is 5.56 Å². The predicted octanol–water partition coefficient (Wildman–Crippen LogP) is 2.52. The van der Waals surface area contributed by atoms with Crippen molar-refractivity contribution in [1.82, 2.24) is 9.55 Å². The van der Waals surface area contributed by atoms with Crippen molar-refractivity contribution < 1.29 is 19.0 Å². The SMILES string of the molecule is CC#Cc1cn(C/C=C2\OC(=O)C(OCc3ccccc3)C2OCc2ccccc2)c(=O)[nH]c1=O. The third-order valence-corrected chi connectivity index (χ3v) is 5.31. The molecule has 1 aliphatic heterocycles. The molecule has 2 unspecified atom stereocenters. The third kappa shape index (κ3) is 6.03. The molecule has 35 heavy (non-hydrogen) atoms. The fraction of sp³-hybridized carbons (Fsp3) is 0.222. The lowest BCUT2D eigenvalue weighted by atomic mass is 10.1. The molecule has 178 valence electrons. The topological polar surface area (TPSA) is 99.6 Å². The van der Waals surface area contributed by atoms with Crippen LogP contribution in [0, 0.1) is 11.8 Å². The van der Waals surface area contributed by atoms with Crippen molar-refractivity contribution in [1.29, 1.82) is 0 Å². The highest BCUT2D eigenvalue weighted by atomic mass is 16.6. The van der Waals surface area contributed by atoms with Crippen molar-refractivity contribution in [2.75, 3.05) is 0 Å². The molecule has 1 N–H and O–H groups in total. The lowest BCUT2D eigenvalue weighted by Gasteiger charge is -2.18. The molecule has 3 aromatic rings. The second-order valence-electron chi connectivity index (χ2n) is 7.79. The van der Waals surface area contributed by atoms with Crippen LogP contribution in [0.3, 0.4) is 0 Å². The molecule has 2 aromatic carbocycles. The third-order valence-electron chi connectivity index (χ3n) is 5.31. The summed E-state index contributed by atoms with van der Waals surface area (Å²) in [5.41, 5.74) is 0.835. The molecular weight excluding hydrogens is 448 g/mol. The maximum absolute atomic E-state index is 12.7. The number of aromatic nitrogens is 2. The average Bonchev–Trinajstić information content (AvgIpc) is 3.17. The van der Waals surface area contributed by atoms with E-state index in [4.69, 9.17) is 14.2 Å². The van der Waals surface area contributed by atoms with E-state index in [9.17, 15) is 14.4 Å². The molecule has 2 heterocycles. The van der Waals surface area contributed by atoms with Crippen molar-refractivity contribution in [3.05, 3.63) is 116 Å². The van der Waals surface area contributed by atoms with Crippen molar-refractivity contribution >= 4 is 5.97 Å². The van der Waals surface area contributed by atoms with Gasteiger partial charge in [-0.3, -0.25) is 14.3 Å². The highest BCUT2D eigenvalue weighted by Crippen LogP contribution is 2.27. The minimum absolute atomic E-state index is 0.0349. The number of hydrogen-bond acceptors (Lipinski definition) is 6. The van der Waals surface area contributed by atoms with Crippen molar-refractivity contribution in [3.8, 4) is 11.8 Å². The van der Waals surface area contributed by atoms with Crippen LogP contribution in [-0.2, 0) is 38.8 Å². The quantitative estimate of drug-likeness (QED) is 0.400. The van der Waals surface area contributed by atoms with Gasteiger partial charge in [-0.25, -0.2) is 9.59 Å². The van der Waals surface area contributed by atoms with Crippen LogP contribution in [0.2, 0.25) is 0 Å². The molecule has 0 amide bonds. The van der Waals surface area contributed by atoms with Gasteiger partial charge in [0.05, 0.1) is 13.2 Å². The van der Waals surface area contributed by atoms with Gasteiger partial charge in [-0.15, -0.1) is 5.92 Å². The number of nitrogens with one attached hydrogen (secondary N) is 1. The largest absolute Gasteiger partial charge is 0.426 e. The maximum Gasteiger partial charge on any atom is 0.343 e. The summed E-state index contributed by atoms with van der Waals surface area (Å²) >= 11 is 0. The van der Waals surface area contributed by atoms with E-state index in [-0.39, 0.29) is 31.1 Å². The van der Waals surface area contributed by atoms with Gasteiger partial charge in [0.1, 0.15) is 11.3 Å². The summed E-state index contributed by atoms with van der Waals surface area (Å²) in [6.45, 7) is 2.07. The molecule has 0 aliphatic carbocycles. The maximum atomic E-state index is 12.7. The molecule has 0 radical (unpaired) electrons. The fourth-order valence-electron chi connectivity index (χ4n) is 3.57. The summed E-state index contributed by atoms with van der Waals surface area (Å²) in [4.78, 5) is 39.1. The number of carbonyl (C=O) groups is 1. The van der Waals surface area contributed by atoms with Gasteiger partial charge in [-0.1, -0.05) is 66.6 Å². The molecule has 0 bridgehead atoms. The Morgan fingerprint density at radius 3 is 2.14 bits per heavy atom. The number of benzene rings is 2. The Labute approximate surface area is 201 Å². The standard InChI is InChI=1S/C27H24N2O6/c1-2-9-21-16-29(27(32)28-25(21)30)15-14-22-23(33-17-19-10-5-3-6-11-19)24(26(31)35-22)34-18-20-12-7-4-8-13-20/h3-8,10-14,16,23-24H,15,17-18H2,1H3,(H,28,30,32)/b22-14-. The first-order valence-electron chi connectivity index (χ1n) is 11.0. The molecule has 0 saturated carbocycles. The van der Waals surface area contributed by atoms with E-state index >= 15 is 0 Å². The number of aromatic amines is 1. The zero-order chi connectivity index (χ0) is 24.6. The summed E-state index contributed by atoms with van der Waals surface area (Å²) in [6, 6.07) is 19.0. The van der Waals surface area contributed by atoms with Gasteiger partial charge >= 0.3 is 11.7 Å². The Morgan fingerprint density at radius 1 is 0.943 bits per heavy atom. The van der Waals surface area contributed by atoms with Crippen LogP contribution in [0.1, 0.15) is 23.6 Å². The second kappa shape index (κ2) is 11.3. The average molecular weight is 472 g/mol. The van der Waals surface area contributed by atoms with Crippen LogP contribution >= 0.6 is 0 Å². The molecule has 1 saturated heterocycles. The normalized spacial score (nSPS) is 18.2. The highest BCUT2D eigenvalue weighted by molar-refractivity contribution is 5.80. The molecule has 1 aliphatic rings. The molecular formula is C27H24N2O6. The Morgan fingerprint density at radius 2 is 1.54 bits per heavy atom. The summed E-state index contributed by atoms with van der Waals surface area (Å²) in [6.07, 6.45) is 1.16. The molecule has 1 fully saturated rings. The number of carbonyl (C=O) groups excluding carboxylic acids is 1. The first-order valence-corrected chi connectivity index (χ1v) is 11.0. The lowest BCUT2D eigenvalue weighted by Crippen LogP contribution is -2.32. The fourth-order valence-corrected chi connectivity index (χ4v) is 3.57. The van der Waals surface area contributed by atoms with Gasteiger partial charge in [0, 0.05) is 12.7 Å². The second-order valence-corrected chi connectivity index (χ2v) is 7.79.